The third-order valence-corrected chi connectivity index (χ3v) is 3.32. The van der Waals surface area contributed by atoms with Gasteiger partial charge in [-0.3, -0.25) is 14.5 Å². The molecule has 3 heteroatoms. The molecule has 0 radical (unpaired) electrons. The van der Waals surface area contributed by atoms with Crippen LogP contribution in [0.1, 0.15) is 39.5 Å². The SMILES string of the molecule is C#CCCN1C(=O)CC(CC)(CC)C1=O. The molecular weight excluding hydrogens is 190 g/mol. The maximum atomic E-state index is 12.0. The number of terminal acetylenes is 1. The monoisotopic (exact) mass is 207 g/mol. The zero-order valence-electron chi connectivity index (χ0n) is 9.38. The minimum absolute atomic E-state index is 0.0345. The van der Waals surface area contributed by atoms with Crippen molar-refractivity contribution in [1.82, 2.24) is 4.90 Å². The molecule has 0 atom stereocenters. The first-order chi connectivity index (χ1) is 7.11. The summed E-state index contributed by atoms with van der Waals surface area (Å²) in [5.74, 6) is 2.35. The summed E-state index contributed by atoms with van der Waals surface area (Å²) in [6.45, 7) is 4.29. The molecule has 0 bridgehead atoms. The maximum Gasteiger partial charge on any atom is 0.235 e. The van der Waals surface area contributed by atoms with Gasteiger partial charge in [-0.1, -0.05) is 13.8 Å². The van der Waals surface area contributed by atoms with Crippen LogP contribution in [-0.2, 0) is 9.59 Å². The summed E-state index contributed by atoms with van der Waals surface area (Å²) in [5.41, 5.74) is -0.453. The number of carbonyl (C=O) groups is 2. The average molecular weight is 207 g/mol. The van der Waals surface area contributed by atoms with Crippen molar-refractivity contribution in [2.45, 2.75) is 39.5 Å². The van der Waals surface area contributed by atoms with Gasteiger partial charge in [-0.15, -0.1) is 12.3 Å². The molecule has 3 nitrogen and oxygen atoms in total. The van der Waals surface area contributed by atoms with Gasteiger partial charge in [0.25, 0.3) is 0 Å². The Kier molecular flexibility index (Phi) is 3.52. The zero-order chi connectivity index (χ0) is 11.5. The lowest BCUT2D eigenvalue weighted by molar-refractivity contribution is -0.141. The minimum atomic E-state index is -0.453. The number of imide groups is 1. The van der Waals surface area contributed by atoms with Crippen LogP contribution >= 0.6 is 0 Å². The van der Waals surface area contributed by atoms with Crippen LogP contribution in [0, 0.1) is 17.8 Å². The number of rotatable bonds is 4. The van der Waals surface area contributed by atoms with Crippen molar-refractivity contribution in [2.75, 3.05) is 6.54 Å². The standard InChI is InChI=1S/C12H17NO2/c1-4-7-8-13-10(14)9-12(5-2,6-3)11(13)15/h1H,5-9H2,2-3H3. The fourth-order valence-corrected chi connectivity index (χ4v) is 2.07. The first kappa shape index (κ1) is 11.8. The molecule has 0 aromatic carbocycles. The summed E-state index contributed by atoms with van der Waals surface area (Å²) in [6, 6.07) is 0. The third kappa shape index (κ3) is 1.90. The molecule has 15 heavy (non-hydrogen) atoms. The van der Waals surface area contributed by atoms with Gasteiger partial charge >= 0.3 is 0 Å². The topological polar surface area (TPSA) is 37.4 Å². The predicted molar refractivity (Wildman–Crippen MR) is 57.8 cm³/mol. The van der Waals surface area contributed by atoms with E-state index in [-0.39, 0.29) is 11.8 Å². The molecule has 2 amide bonds. The second-order valence-corrected chi connectivity index (χ2v) is 3.97. The van der Waals surface area contributed by atoms with Crippen LogP contribution in [-0.4, -0.2) is 23.3 Å². The maximum absolute atomic E-state index is 12.0. The molecule has 1 fully saturated rings. The van der Waals surface area contributed by atoms with Gasteiger partial charge in [0, 0.05) is 19.4 Å². The molecule has 0 aliphatic carbocycles. The molecule has 0 saturated carbocycles. The zero-order valence-corrected chi connectivity index (χ0v) is 9.38. The van der Waals surface area contributed by atoms with Crippen LogP contribution in [0.4, 0.5) is 0 Å². The Morgan fingerprint density at radius 3 is 2.40 bits per heavy atom. The normalized spacial score (nSPS) is 19.4. The average Bonchev–Trinajstić information content (AvgIpc) is 2.49. The Hall–Kier alpha value is -1.30. The van der Waals surface area contributed by atoms with E-state index in [4.69, 9.17) is 6.42 Å². The van der Waals surface area contributed by atoms with E-state index in [0.717, 1.165) is 12.8 Å². The Morgan fingerprint density at radius 2 is 2.00 bits per heavy atom. The smallest absolute Gasteiger partial charge is 0.235 e. The second-order valence-electron chi connectivity index (χ2n) is 3.97. The van der Waals surface area contributed by atoms with Crippen LogP contribution in [0.5, 0.6) is 0 Å². The Labute approximate surface area is 90.8 Å². The van der Waals surface area contributed by atoms with E-state index < -0.39 is 5.41 Å². The van der Waals surface area contributed by atoms with E-state index in [1.54, 1.807) is 0 Å². The fourth-order valence-electron chi connectivity index (χ4n) is 2.07. The van der Waals surface area contributed by atoms with Gasteiger partial charge in [0.2, 0.25) is 11.8 Å². The number of nitrogens with zero attached hydrogens (tertiary/aromatic N) is 1. The van der Waals surface area contributed by atoms with Gasteiger partial charge in [-0.2, -0.15) is 0 Å². The predicted octanol–water partition coefficient (Wildman–Crippen LogP) is 1.57. The lowest BCUT2D eigenvalue weighted by Gasteiger charge is -2.23. The summed E-state index contributed by atoms with van der Waals surface area (Å²) >= 11 is 0. The van der Waals surface area contributed by atoms with Gasteiger partial charge in [0.05, 0.1) is 5.41 Å². The molecule has 0 unspecified atom stereocenters. The number of hydrogen-bond acceptors (Lipinski definition) is 2. The van der Waals surface area contributed by atoms with Gasteiger partial charge in [0.1, 0.15) is 0 Å². The third-order valence-electron chi connectivity index (χ3n) is 3.32. The van der Waals surface area contributed by atoms with Gasteiger partial charge in [0.15, 0.2) is 0 Å². The number of carbonyl (C=O) groups excluding carboxylic acids is 2. The Balaban J connectivity index is 2.83. The first-order valence-corrected chi connectivity index (χ1v) is 5.39. The molecule has 0 aromatic heterocycles. The van der Waals surface area contributed by atoms with E-state index in [0.29, 0.717) is 19.4 Å². The molecule has 1 heterocycles. The highest BCUT2D eigenvalue weighted by atomic mass is 16.2. The molecule has 1 aliphatic rings. The second kappa shape index (κ2) is 4.48. The van der Waals surface area contributed by atoms with Crippen LogP contribution in [0.2, 0.25) is 0 Å². The van der Waals surface area contributed by atoms with Gasteiger partial charge in [-0.05, 0) is 12.8 Å². The summed E-state index contributed by atoms with van der Waals surface area (Å²) < 4.78 is 0. The van der Waals surface area contributed by atoms with Crippen molar-refractivity contribution >= 4 is 11.8 Å². The highest BCUT2D eigenvalue weighted by Crippen LogP contribution is 2.38. The number of amides is 2. The van der Waals surface area contributed by atoms with Crippen LogP contribution < -0.4 is 0 Å². The quantitative estimate of drug-likeness (QED) is 0.518. The molecule has 0 spiro atoms. The molecule has 0 N–H and O–H groups in total. The van der Waals surface area contributed by atoms with Crippen molar-refractivity contribution < 1.29 is 9.59 Å². The van der Waals surface area contributed by atoms with Crippen molar-refractivity contribution in [3.05, 3.63) is 0 Å². The molecule has 1 rings (SSSR count). The van der Waals surface area contributed by atoms with Crippen LogP contribution in [0.15, 0.2) is 0 Å². The van der Waals surface area contributed by atoms with E-state index in [2.05, 4.69) is 5.92 Å². The summed E-state index contributed by atoms with van der Waals surface area (Å²) in [6.07, 6.45) is 7.37. The molecule has 1 saturated heterocycles. The summed E-state index contributed by atoms with van der Waals surface area (Å²) in [4.78, 5) is 25.0. The minimum Gasteiger partial charge on any atom is -0.281 e. The Morgan fingerprint density at radius 1 is 1.40 bits per heavy atom. The van der Waals surface area contributed by atoms with E-state index >= 15 is 0 Å². The van der Waals surface area contributed by atoms with Crippen molar-refractivity contribution in [1.29, 1.82) is 0 Å². The Bertz CT molecular complexity index is 310. The lowest BCUT2D eigenvalue weighted by atomic mass is 9.81. The van der Waals surface area contributed by atoms with Gasteiger partial charge < -0.3 is 0 Å². The highest BCUT2D eigenvalue weighted by Gasteiger charge is 2.48. The van der Waals surface area contributed by atoms with Crippen molar-refractivity contribution in [3.8, 4) is 12.3 Å². The fraction of sp³-hybridized carbons (Fsp3) is 0.667. The van der Waals surface area contributed by atoms with Gasteiger partial charge in [-0.25, -0.2) is 0 Å². The summed E-state index contributed by atoms with van der Waals surface area (Å²) in [7, 11) is 0. The van der Waals surface area contributed by atoms with E-state index in [9.17, 15) is 9.59 Å². The lowest BCUT2D eigenvalue weighted by Crippen LogP contribution is -2.35. The number of likely N-dealkylation sites (tertiary alicyclic amines) is 1. The molecule has 1 aliphatic heterocycles. The van der Waals surface area contributed by atoms with E-state index in [1.807, 2.05) is 13.8 Å². The highest BCUT2D eigenvalue weighted by molar-refractivity contribution is 6.05. The molecular formula is C12H17NO2. The van der Waals surface area contributed by atoms with Crippen LogP contribution in [0.3, 0.4) is 0 Å². The first-order valence-electron chi connectivity index (χ1n) is 5.39. The largest absolute Gasteiger partial charge is 0.281 e. The molecule has 0 aromatic rings. The molecule has 82 valence electrons. The number of hydrogen-bond donors (Lipinski definition) is 0. The van der Waals surface area contributed by atoms with Crippen LogP contribution in [0.25, 0.3) is 0 Å². The van der Waals surface area contributed by atoms with Crippen molar-refractivity contribution in [2.24, 2.45) is 5.41 Å². The van der Waals surface area contributed by atoms with E-state index in [1.165, 1.54) is 4.90 Å². The summed E-state index contributed by atoms with van der Waals surface area (Å²) in [5, 5.41) is 0. The van der Waals surface area contributed by atoms with Crippen molar-refractivity contribution in [3.63, 3.8) is 0 Å².